The summed E-state index contributed by atoms with van der Waals surface area (Å²) in [5.74, 6) is -0.113. The molecule has 1 aliphatic heterocycles. The minimum Gasteiger partial charge on any atom is -0.444 e. The molecule has 1 heterocycles. The van der Waals surface area contributed by atoms with E-state index in [2.05, 4.69) is 17.6 Å². The van der Waals surface area contributed by atoms with Crippen LogP contribution in [0.4, 0.5) is 4.79 Å². The molecule has 176 valence electrons. The van der Waals surface area contributed by atoms with Gasteiger partial charge in [-0.15, -0.1) is 0 Å². The minimum absolute atomic E-state index is 0.0193. The Bertz CT molecular complexity index is 981. The van der Waals surface area contributed by atoms with Crippen molar-refractivity contribution in [3.05, 3.63) is 83.1 Å². The molecule has 3 rings (SSSR count). The fourth-order valence-corrected chi connectivity index (χ4v) is 3.82. The lowest BCUT2D eigenvalue weighted by Crippen LogP contribution is -2.45. The minimum atomic E-state index is -0.575. The van der Waals surface area contributed by atoms with Crippen molar-refractivity contribution in [1.29, 1.82) is 0 Å². The number of hydrogen-bond donors (Lipinski definition) is 2. The maximum Gasteiger partial charge on any atom is 0.410 e. The predicted molar refractivity (Wildman–Crippen MR) is 130 cm³/mol. The van der Waals surface area contributed by atoms with Gasteiger partial charge in [0.15, 0.2) is 0 Å². The largest absolute Gasteiger partial charge is 0.444 e. The van der Waals surface area contributed by atoms with E-state index < -0.39 is 5.60 Å². The van der Waals surface area contributed by atoms with Crippen LogP contribution < -0.4 is 10.6 Å². The van der Waals surface area contributed by atoms with Crippen LogP contribution in [0.5, 0.6) is 0 Å². The zero-order valence-corrected chi connectivity index (χ0v) is 20.2. The first-order chi connectivity index (χ1) is 15.6. The van der Waals surface area contributed by atoms with Crippen LogP contribution in [0.3, 0.4) is 0 Å². The molecule has 2 N–H and O–H groups in total. The van der Waals surface area contributed by atoms with E-state index in [9.17, 15) is 9.59 Å². The van der Waals surface area contributed by atoms with Gasteiger partial charge in [0, 0.05) is 23.9 Å². The molecule has 1 aliphatic rings. The summed E-state index contributed by atoms with van der Waals surface area (Å²) in [5, 5.41) is 6.62. The van der Waals surface area contributed by atoms with Crippen LogP contribution in [0.25, 0.3) is 0 Å². The maximum atomic E-state index is 13.3. The zero-order chi connectivity index (χ0) is 24.0. The first-order valence-corrected chi connectivity index (χ1v) is 11.5. The Hall–Kier alpha value is -3.28. The molecule has 0 saturated heterocycles. The van der Waals surface area contributed by atoms with E-state index in [0.29, 0.717) is 25.1 Å². The molecule has 2 amide bonds. The monoisotopic (exact) mass is 449 g/mol. The summed E-state index contributed by atoms with van der Waals surface area (Å²) in [6.45, 7) is 10.3. The van der Waals surface area contributed by atoms with Gasteiger partial charge in [0.1, 0.15) is 5.60 Å². The molecule has 0 bridgehead atoms. The van der Waals surface area contributed by atoms with Crippen molar-refractivity contribution in [2.24, 2.45) is 0 Å². The normalized spacial score (nSPS) is 16.1. The van der Waals surface area contributed by atoms with Gasteiger partial charge in [-0.3, -0.25) is 4.79 Å². The topological polar surface area (TPSA) is 70.7 Å². The van der Waals surface area contributed by atoms with Crippen molar-refractivity contribution in [3.63, 3.8) is 0 Å². The van der Waals surface area contributed by atoms with Crippen LogP contribution in [0.2, 0.25) is 0 Å². The Morgan fingerprint density at radius 1 is 0.909 bits per heavy atom. The third-order valence-corrected chi connectivity index (χ3v) is 5.61. The molecule has 2 atom stereocenters. The molecule has 0 fully saturated rings. The molecule has 0 spiro atoms. The van der Waals surface area contributed by atoms with Crippen molar-refractivity contribution in [2.45, 2.75) is 58.7 Å². The van der Waals surface area contributed by atoms with Gasteiger partial charge in [-0.25, -0.2) is 4.79 Å². The number of rotatable bonds is 6. The van der Waals surface area contributed by atoms with Gasteiger partial charge in [-0.05, 0) is 52.2 Å². The maximum absolute atomic E-state index is 13.3. The van der Waals surface area contributed by atoms with Crippen molar-refractivity contribution in [2.75, 3.05) is 13.1 Å². The number of hydrogen-bond acceptors (Lipinski definition) is 4. The van der Waals surface area contributed by atoms with E-state index in [1.54, 1.807) is 4.90 Å². The molecule has 0 aliphatic carbocycles. The Labute approximate surface area is 197 Å². The number of benzene rings is 2. The lowest BCUT2D eigenvalue weighted by molar-refractivity contribution is -0.118. The van der Waals surface area contributed by atoms with Crippen molar-refractivity contribution < 1.29 is 14.3 Å². The summed E-state index contributed by atoms with van der Waals surface area (Å²) >= 11 is 0. The van der Waals surface area contributed by atoms with Crippen LogP contribution in [-0.2, 0) is 9.53 Å². The highest BCUT2D eigenvalue weighted by atomic mass is 16.6. The van der Waals surface area contributed by atoms with Gasteiger partial charge in [0.05, 0.1) is 12.6 Å². The Morgan fingerprint density at radius 3 is 2.00 bits per heavy atom. The highest BCUT2D eigenvalue weighted by Crippen LogP contribution is 2.23. The molecule has 0 saturated carbocycles. The van der Waals surface area contributed by atoms with E-state index in [0.717, 1.165) is 16.8 Å². The molecular weight excluding hydrogens is 414 g/mol. The number of carbonyl (C=O) groups excluding carboxylic acids is 2. The Balaban J connectivity index is 1.82. The molecule has 33 heavy (non-hydrogen) atoms. The SMILES string of the molecule is C[C@H](NC(=O)C1=C(N[C@@H](C)c2ccccc2)CN(C(=O)OC(C)(C)C)CC1)c1ccccc1. The number of carbonyl (C=O) groups is 2. The van der Waals surface area contributed by atoms with Gasteiger partial charge in [0.25, 0.3) is 0 Å². The molecule has 6 heteroatoms. The summed E-state index contributed by atoms with van der Waals surface area (Å²) in [4.78, 5) is 27.6. The average molecular weight is 450 g/mol. The molecule has 0 aromatic heterocycles. The summed E-state index contributed by atoms with van der Waals surface area (Å²) < 4.78 is 5.57. The van der Waals surface area contributed by atoms with Gasteiger partial charge >= 0.3 is 6.09 Å². The number of nitrogens with zero attached hydrogens (tertiary/aromatic N) is 1. The zero-order valence-electron chi connectivity index (χ0n) is 20.2. The number of ether oxygens (including phenoxy) is 1. The summed E-state index contributed by atoms with van der Waals surface area (Å²) in [5.41, 5.74) is 3.01. The molecule has 0 unspecified atom stereocenters. The Kier molecular flexibility index (Phi) is 7.79. The molecular formula is C27H35N3O3. The third kappa shape index (κ3) is 6.85. The van der Waals surface area contributed by atoms with Crippen LogP contribution in [-0.4, -0.2) is 35.6 Å². The number of nitrogens with one attached hydrogen (secondary N) is 2. The lowest BCUT2D eigenvalue weighted by atomic mass is 10.0. The predicted octanol–water partition coefficient (Wildman–Crippen LogP) is 5.11. The van der Waals surface area contributed by atoms with Gasteiger partial charge in [-0.2, -0.15) is 0 Å². The second-order valence-electron chi connectivity index (χ2n) is 9.49. The van der Waals surface area contributed by atoms with E-state index in [-0.39, 0.29) is 24.1 Å². The highest BCUT2D eigenvalue weighted by molar-refractivity contribution is 5.95. The smallest absolute Gasteiger partial charge is 0.410 e. The van der Waals surface area contributed by atoms with E-state index in [4.69, 9.17) is 4.74 Å². The fourth-order valence-electron chi connectivity index (χ4n) is 3.82. The van der Waals surface area contributed by atoms with E-state index in [1.807, 2.05) is 88.4 Å². The molecule has 0 radical (unpaired) electrons. The van der Waals surface area contributed by atoms with Crippen molar-refractivity contribution >= 4 is 12.0 Å². The molecule has 2 aromatic carbocycles. The second kappa shape index (κ2) is 10.6. The average Bonchev–Trinajstić information content (AvgIpc) is 2.79. The van der Waals surface area contributed by atoms with Gasteiger partial charge in [0.2, 0.25) is 5.91 Å². The second-order valence-corrected chi connectivity index (χ2v) is 9.49. The van der Waals surface area contributed by atoms with Crippen LogP contribution in [0.1, 0.15) is 64.3 Å². The lowest BCUT2D eigenvalue weighted by Gasteiger charge is -2.34. The van der Waals surface area contributed by atoms with Crippen LogP contribution >= 0.6 is 0 Å². The standard InChI is InChI=1S/C27H35N3O3/c1-19(21-12-8-6-9-13-21)28-24-18-30(26(32)33-27(3,4)5)17-16-23(24)25(31)29-20(2)22-14-10-7-11-15-22/h6-15,19-20,28H,16-18H2,1-5H3,(H,29,31)/t19-,20-/m0/s1. The fraction of sp³-hybridized carbons (Fsp3) is 0.407. The molecule has 6 nitrogen and oxygen atoms in total. The third-order valence-electron chi connectivity index (χ3n) is 5.61. The van der Waals surface area contributed by atoms with Crippen LogP contribution in [0.15, 0.2) is 71.9 Å². The highest BCUT2D eigenvalue weighted by Gasteiger charge is 2.30. The summed E-state index contributed by atoms with van der Waals surface area (Å²) in [6, 6.07) is 19.8. The van der Waals surface area contributed by atoms with Gasteiger partial charge in [-0.1, -0.05) is 60.7 Å². The summed E-state index contributed by atoms with van der Waals surface area (Å²) in [7, 11) is 0. The van der Waals surface area contributed by atoms with Gasteiger partial charge < -0.3 is 20.3 Å². The number of amides is 2. The van der Waals surface area contributed by atoms with E-state index in [1.165, 1.54) is 0 Å². The van der Waals surface area contributed by atoms with Crippen LogP contribution in [0, 0.1) is 0 Å². The first-order valence-electron chi connectivity index (χ1n) is 11.5. The summed E-state index contributed by atoms with van der Waals surface area (Å²) in [6.07, 6.45) is 0.0856. The van der Waals surface area contributed by atoms with Crippen molar-refractivity contribution in [1.82, 2.24) is 15.5 Å². The Morgan fingerprint density at radius 2 is 1.45 bits per heavy atom. The molecule has 2 aromatic rings. The quantitative estimate of drug-likeness (QED) is 0.643. The first kappa shape index (κ1) is 24.4. The van der Waals surface area contributed by atoms with Crippen molar-refractivity contribution in [3.8, 4) is 0 Å². The van der Waals surface area contributed by atoms with E-state index >= 15 is 0 Å².